The molecular formula is C10H15NS. The van der Waals surface area contributed by atoms with Gasteiger partial charge in [0.25, 0.3) is 0 Å². The number of hydrogen-bond acceptors (Lipinski definition) is 2. The molecule has 12 heavy (non-hydrogen) atoms. The summed E-state index contributed by atoms with van der Waals surface area (Å²) in [6.07, 6.45) is 0. The van der Waals surface area contributed by atoms with Crippen molar-refractivity contribution in [3.63, 3.8) is 0 Å². The summed E-state index contributed by atoms with van der Waals surface area (Å²) < 4.78 is 0. The molecule has 1 rings (SSSR count). The maximum Gasteiger partial charge on any atom is 0.0226 e. The van der Waals surface area contributed by atoms with E-state index in [1.807, 2.05) is 0 Å². The van der Waals surface area contributed by atoms with Crippen LogP contribution < -0.4 is 5.14 Å². The summed E-state index contributed by atoms with van der Waals surface area (Å²) in [7, 11) is 0. The molecule has 0 saturated heterocycles. The Labute approximate surface area is 78.5 Å². The Bertz CT molecular complexity index is 246. The van der Waals surface area contributed by atoms with Gasteiger partial charge in [-0.1, -0.05) is 32.9 Å². The third kappa shape index (κ3) is 2.26. The maximum absolute atomic E-state index is 5.43. The van der Waals surface area contributed by atoms with Crippen molar-refractivity contribution in [3.8, 4) is 0 Å². The van der Waals surface area contributed by atoms with Gasteiger partial charge < -0.3 is 0 Å². The molecule has 0 fully saturated rings. The third-order valence-corrected chi connectivity index (χ3v) is 2.40. The second-order valence-corrected chi connectivity index (χ2v) is 4.60. The van der Waals surface area contributed by atoms with E-state index >= 15 is 0 Å². The van der Waals surface area contributed by atoms with Crippen LogP contribution in [0.2, 0.25) is 0 Å². The summed E-state index contributed by atoms with van der Waals surface area (Å²) >= 11 is 1.29. The minimum Gasteiger partial charge on any atom is -0.274 e. The molecule has 0 radical (unpaired) electrons. The molecule has 66 valence electrons. The molecule has 1 aromatic carbocycles. The van der Waals surface area contributed by atoms with E-state index in [-0.39, 0.29) is 5.41 Å². The van der Waals surface area contributed by atoms with E-state index in [1.54, 1.807) is 0 Å². The molecule has 0 saturated carbocycles. The molecule has 1 nitrogen and oxygen atoms in total. The summed E-state index contributed by atoms with van der Waals surface area (Å²) in [6.45, 7) is 6.62. The molecule has 2 N–H and O–H groups in total. The van der Waals surface area contributed by atoms with Crippen molar-refractivity contribution in [1.29, 1.82) is 0 Å². The fourth-order valence-corrected chi connectivity index (χ4v) is 1.33. The Morgan fingerprint density at radius 1 is 1.08 bits per heavy atom. The molecule has 0 spiro atoms. The van der Waals surface area contributed by atoms with Crippen LogP contribution in [0.4, 0.5) is 0 Å². The number of rotatable bonds is 1. The van der Waals surface area contributed by atoms with Gasteiger partial charge in [-0.3, -0.25) is 5.14 Å². The first kappa shape index (κ1) is 9.62. The van der Waals surface area contributed by atoms with E-state index in [9.17, 15) is 0 Å². The quantitative estimate of drug-likeness (QED) is 0.674. The lowest BCUT2D eigenvalue weighted by molar-refractivity contribution is 0.590. The molecule has 1 aromatic rings. The first-order valence-electron chi connectivity index (χ1n) is 4.01. The lowest BCUT2D eigenvalue weighted by Crippen LogP contribution is -2.10. The molecule has 0 aliphatic rings. The standard InChI is InChI=1S/C10H15NS/c1-10(2,3)8-4-6-9(12-11)7-5-8/h4-7H,11H2,1-3H3. The Morgan fingerprint density at radius 3 is 1.92 bits per heavy atom. The lowest BCUT2D eigenvalue weighted by Gasteiger charge is -2.18. The van der Waals surface area contributed by atoms with Crippen molar-refractivity contribution in [1.82, 2.24) is 0 Å². The van der Waals surface area contributed by atoms with E-state index in [0.717, 1.165) is 4.90 Å². The first-order chi connectivity index (χ1) is 5.54. The van der Waals surface area contributed by atoms with Crippen LogP contribution in [0.5, 0.6) is 0 Å². The Kier molecular flexibility index (Phi) is 2.80. The highest BCUT2D eigenvalue weighted by molar-refractivity contribution is 7.97. The Hall–Kier alpha value is -0.470. The monoisotopic (exact) mass is 181 g/mol. The fourth-order valence-electron chi connectivity index (χ4n) is 1.03. The highest BCUT2D eigenvalue weighted by Crippen LogP contribution is 2.23. The molecule has 0 bridgehead atoms. The van der Waals surface area contributed by atoms with Gasteiger partial charge in [0.05, 0.1) is 0 Å². The van der Waals surface area contributed by atoms with Gasteiger partial charge in [-0.2, -0.15) is 0 Å². The van der Waals surface area contributed by atoms with Crippen molar-refractivity contribution in [2.75, 3.05) is 0 Å². The topological polar surface area (TPSA) is 26.0 Å². The van der Waals surface area contributed by atoms with Gasteiger partial charge in [0.2, 0.25) is 0 Å². The predicted octanol–water partition coefficient (Wildman–Crippen LogP) is 2.95. The Morgan fingerprint density at radius 2 is 1.58 bits per heavy atom. The van der Waals surface area contributed by atoms with Gasteiger partial charge in [0.15, 0.2) is 0 Å². The van der Waals surface area contributed by atoms with Gasteiger partial charge in [-0.05, 0) is 35.1 Å². The van der Waals surface area contributed by atoms with E-state index in [0.29, 0.717) is 0 Å². The van der Waals surface area contributed by atoms with Gasteiger partial charge in [-0.25, -0.2) is 0 Å². The van der Waals surface area contributed by atoms with Gasteiger partial charge in [-0.15, -0.1) is 0 Å². The van der Waals surface area contributed by atoms with Crippen LogP contribution in [0.3, 0.4) is 0 Å². The normalized spacial score (nSPS) is 11.7. The SMILES string of the molecule is CC(C)(C)c1ccc(SN)cc1. The average molecular weight is 181 g/mol. The minimum atomic E-state index is 0.234. The molecule has 0 atom stereocenters. The number of hydrogen-bond donors (Lipinski definition) is 1. The van der Waals surface area contributed by atoms with Crippen molar-refractivity contribution in [2.24, 2.45) is 5.14 Å². The number of benzene rings is 1. The molecule has 0 amide bonds. The highest BCUT2D eigenvalue weighted by Gasteiger charge is 2.12. The van der Waals surface area contributed by atoms with Crippen LogP contribution >= 0.6 is 11.9 Å². The van der Waals surface area contributed by atoms with Crippen LogP contribution in [0.1, 0.15) is 26.3 Å². The molecule has 0 heterocycles. The van der Waals surface area contributed by atoms with Gasteiger partial charge in [0, 0.05) is 4.90 Å². The van der Waals surface area contributed by atoms with Crippen molar-refractivity contribution in [2.45, 2.75) is 31.1 Å². The van der Waals surface area contributed by atoms with Crippen LogP contribution in [0, 0.1) is 0 Å². The van der Waals surface area contributed by atoms with E-state index in [1.165, 1.54) is 17.5 Å². The Balaban J connectivity index is 2.93. The van der Waals surface area contributed by atoms with E-state index < -0.39 is 0 Å². The molecule has 0 aliphatic heterocycles. The van der Waals surface area contributed by atoms with Crippen molar-refractivity contribution >= 4 is 11.9 Å². The lowest BCUT2D eigenvalue weighted by atomic mass is 9.87. The largest absolute Gasteiger partial charge is 0.274 e. The number of nitrogens with two attached hydrogens (primary N) is 1. The predicted molar refractivity (Wildman–Crippen MR) is 55.2 cm³/mol. The molecule has 0 aliphatic carbocycles. The van der Waals surface area contributed by atoms with E-state index in [4.69, 9.17) is 5.14 Å². The summed E-state index contributed by atoms with van der Waals surface area (Å²) in [5.74, 6) is 0. The minimum absolute atomic E-state index is 0.234. The molecule has 0 aromatic heterocycles. The van der Waals surface area contributed by atoms with Crippen LogP contribution in [0.25, 0.3) is 0 Å². The average Bonchev–Trinajstić information content (AvgIpc) is 2.03. The zero-order valence-electron chi connectivity index (χ0n) is 7.79. The summed E-state index contributed by atoms with van der Waals surface area (Å²) in [6, 6.07) is 8.39. The van der Waals surface area contributed by atoms with Crippen LogP contribution in [-0.2, 0) is 5.41 Å². The van der Waals surface area contributed by atoms with E-state index in [2.05, 4.69) is 45.0 Å². The summed E-state index contributed by atoms with van der Waals surface area (Å²) in [4.78, 5) is 1.11. The zero-order valence-corrected chi connectivity index (χ0v) is 8.61. The fraction of sp³-hybridized carbons (Fsp3) is 0.400. The zero-order chi connectivity index (χ0) is 9.19. The summed E-state index contributed by atoms with van der Waals surface area (Å²) in [5, 5.41) is 5.43. The third-order valence-electron chi connectivity index (χ3n) is 1.86. The van der Waals surface area contributed by atoms with Crippen LogP contribution in [0.15, 0.2) is 29.2 Å². The molecule has 2 heteroatoms. The first-order valence-corrected chi connectivity index (χ1v) is 4.89. The second-order valence-electron chi connectivity index (χ2n) is 3.89. The molecular weight excluding hydrogens is 166 g/mol. The molecule has 0 unspecified atom stereocenters. The highest BCUT2D eigenvalue weighted by atomic mass is 32.2. The van der Waals surface area contributed by atoms with Crippen molar-refractivity contribution < 1.29 is 0 Å². The smallest absolute Gasteiger partial charge is 0.0226 e. The van der Waals surface area contributed by atoms with Crippen molar-refractivity contribution in [3.05, 3.63) is 29.8 Å². The summed E-state index contributed by atoms with van der Waals surface area (Å²) in [5.41, 5.74) is 1.58. The van der Waals surface area contributed by atoms with Gasteiger partial charge >= 0.3 is 0 Å². The second kappa shape index (κ2) is 3.50. The van der Waals surface area contributed by atoms with Crippen LogP contribution in [-0.4, -0.2) is 0 Å². The maximum atomic E-state index is 5.43. The van der Waals surface area contributed by atoms with Gasteiger partial charge in [0.1, 0.15) is 0 Å².